The monoisotopic (exact) mass is 325 g/mol. The molecule has 2 atom stereocenters. The number of rotatable bonds is 3. The van der Waals surface area contributed by atoms with E-state index in [1.807, 2.05) is 18.2 Å². The van der Waals surface area contributed by atoms with E-state index in [0.717, 1.165) is 42.9 Å². The van der Waals surface area contributed by atoms with Crippen molar-refractivity contribution in [2.75, 3.05) is 18.5 Å². The molecule has 19 heavy (non-hydrogen) atoms. The van der Waals surface area contributed by atoms with E-state index in [2.05, 4.69) is 21.2 Å². The Kier molecular flexibility index (Phi) is 3.75. The zero-order valence-corrected chi connectivity index (χ0v) is 12.1. The van der Waals surface area contributed by atoms with Crippen molar-refractivity contribution in [1.29, 1.82) is 0 Å². The van der Waals surface area contributed by atoms with E-state index in [0.29, 0.717) is 6.10 Å². The highest BCUT2D eigenvalue weighted by Gasteiger charge is 2.22. The minimum absolute atomic E-state index is 0.0972. The summed E-state index contributed by atoms with van der Waals surface area (Å²) in [6.45, 7) is 0.971. The quantitative estimate of drug-likeness (QED) is 0.869. The predicted molar refractivity (Wildman–Crippen MR) is 75.8 cm³/mol. The molecule has 2 aliphatic rings. The van der Waals surface area contributed by atoms with Crippen molar-refractivity contribution >= 4 is 27.5 Å². The van der Waals surface area contributed by atoms with Gasteiger partial charge in [0.2, 0.25) is 0 Å². The molecule has 3 rings (SSSR count). The number of hydrogen-bond acceptors (Lipinski definition) is 3. The van der Waals surface area contributed by atoms with E-state index in [1.54, 1.807) is 0 Å². The van der Waals surface area contributed by atoms with Gasteiger partial charge in [-0.3, -0.25) is 4.79 Å². The van der Waals surface area contributed by atoms with Crippen molar-refractivity contribution in [1.82, 2.24) is 0 Å². The highest BCUT2D eigenvalue weighted by Crippen LogP contribution is 2.36. The fraction of sp³-hybridized carbons (Fsp3) is 0.500. The number of halogens is 1. The van der Waals surface area contributed by atoms with Crippen LogP contribution in [0, 0.1) is 0 Å². The molecule has 5 heteroatoms. The summed E-state index contributed by atoms with van der Waals surface area (Å²) in [5, 5.41) is 2.83. The zero-order valence-electron chi connectivity index (χ0n) is 10.5. The largest absolute Gasteiger partial charge is 0.482 e. The Morgan fingerprint density at radius 1 is 1.47 bits per heavy atom. The normalized spacial score (nSPS) is 23.4. The molecule has 2 aliphatic heterocycles. The molecule has 2 heterocycles. The Morgan fingerprint density at radius 3 is 3.16 bits per heavy atom. The molecule has 1 N–H and O–H groups in total. The molecule has 1 amide bonds. The van der Waals surface area contributed by atoms with Gasteiger partial charge < -0.3 is 14.8 Å². The second kappa shape index (κ2) is 5.51. The molecule has 0 aliphatic carbocycles. The van der Waals surface area contributed by atoms with E-state index < -0.39 is 0 Å². The predicted octanol–water partition coefficient (Wildman–Crippen LogP) is 3.02. The molecule has 1 aromatic rings. The Balaban J connectivity index is 1.73. The van der Waals surface area contributed by atoms with E-state index in [9.17, 15) is 4.79 Å². The van der Waals surface area contributed by atoms with Crippen molar-refractivity contribution in [3.8, 4) is 5.75 Å². The minimum atomic E-state index is -0.102. The van der Waals surface area contributed by atoms with Gasteiger partial charge in [-0.05, 0) is 37.0 Å². The van der Waals surface area contributed by atoms with E-state index in [1.165, 1.54) is 0 Å². The second-order valence-corrected chi connectivity index (χ2v) is 6.04. The maximum Gasteiger partial charge on any atom is 0.262 e. The first kappa shape index (κ1) is 12.9. The second-order valence-electron chi connectivity index (χ2n) is 4.93. The van der Waals surface area contributed by atoms with Crippen molar-refractivity contribution in [3.05, 3.63) is 23.8 Å². The van der Waals surface area contributed by atoms with Crippen LogP contribution in [0.15, 0.2) is 18.2 Å². The summed E-state index contributed by atoms with van der Waals surface area (Å²) in [6, 6.07) is 5.92. The van der Waals surface area contributed by atoms with Crippen LogP contribution in [0.1, 0.15) is 29.7 Å². The van der Waals surface area contributed by atoms with Crippen LogP contribution in [0.5, 0.6) is 5.75 Å². The topological polar surface area (TPSA) is 47.6 Å². The SMILES string of the molecule is O=C1COc2ccc(C(Br)CC3CCCO3)cc2N1. The maximum atomic E-state index is 11.3. The summed E-state index contributed by atoms with van der Waals surface area (Å²) >= 11 is 3.71. The van der Waals surface area contributed by atoms with Crippen LogP contribution in [0.25, 0.3) is 0 Å². The first-order chi connectivity index (χ1) is 9.22. The Bertz CT molecular complexity index is 486. The molecule has 2 unspecified atom stereocenters. The average Bonchev–Trinajstić information content (AvgIpc) is 2.90. The fourth-order valence-corrected chi connectivity index (χ4v) is 3.19. The van der Waals surface area contributed by atoms with Gasteiger partial charge in [0, 0.05) is 11.4 Å². The van der Waals surface area contributed by atoms with Crippen LogP contribution in [-0.2, 0) is 9.53 Å². The third-order valence-corrected chi connectivity index (χ3v) is 4.39. The van der Waals surface area contributed by atoms with Gasteiger partial charge in [0.1, 0.15) is 5.75 Å². The number of nitrogens with one attached hydrogen (secondary N) is 1. The summed E-state index contributed by atoms with van der Waals surface area (Å²) < 4.78 is 11.0. The molecule has 0 bridgehead atoms. The van der Waals surface area contributed by atoms with Gasteiger partial charge in [0.05, 0.1) is 11.8 Å². The number of carbonyl (C=O) groups is 1. The highest BCUT2D eigenvalue weighted by atomic mass is 79.9. The van der Waals surface area contributed by atoms with Crippen LogP contribution in [0.3, 0.4) is 0 Å². The van der Waals surface area contributed by atoms with E-state index >= 15 is 0 Å². The van der Waals surface area contributed by atoms with Crippen molar-refractivity contribution in [2.24, 2.45) is 0 Å². The molecule has 4 nitrogen and oxygen atoms in total. The first-order valence-corrected chi connectivity index (χ1v) is 7.46. The molecule has 1 saturated heterocycles. The summed E-state index contributed by atoms with van der Waals surface area (Å²) in [7, 11) is 0. The highest BCUT2D eigenvalue weighted by molar-refractivity contribution is 9.09. The van der Waals surface area contributed by atoms with Gasteiger partial charge >= 0.3 is 0 Å². The number of hydrogen-bond donors (Lipinski definition) is 1. The molecule has 0 radical (unpaired) electrons. The number of carbonyl (C=O) groups excluding carboxylic acids is 1. The van der Waals surface area contributed by atoms with Gasteiger partial charge in [-0.2, -0.15) is 0 Å². The van der Waals surface area contributed by atoms with Crippen molar-refractivity contribution in [2.45, 2.75) is 30.2 Å². The molecular weight excluding hydrogens is 310 g/mol. The van der Waals surface area contributed by atoms with Gasteiger partial charge in [0.15, 0.2) is 6.61 Å². The first-order valence-electron chi connectivity index (χ1n) is 6.54. The Morgan fingerprint density at radius 2 is 2.37 bits per heavy atom. The van der Waals surface area contributed by atoms with Gasteiger partial charge in [-0.25, -0.2) is 0 Å². The van der Waals surface area contributed by atoms with Gasteiger partial charge in [0.25, 0.3) is 5.91 Å². The minimum Gasteiger partial charge on any atom is -0.482 e. The smallest absolute Gasteiger partial charge is 0.262 e. The number of alkyl halides is 1. The lowest BCUT2D eigenvalue weighted by Gasteiger charge is -2.20. The third kappa shape index (κ3) is 2.92. The molecule has 0 spiro atoms. The van der Waals surface area contributed by atoms with Crippen molar-refractivity contribution in [3.63, 3.8) is 0 Å². The average molecular weight is 326 g/mol. The van der Waals surface area contributed by atoms with Crippen LogP contribution in [-0.4, -0.2) is 25.2 Å². The van der Waals surface area contributed by atoms with Crippen molar-refractivity contribution < 1.29 is 14.3 Å². The summed E-state index contributed by atoms with van der Waals surface area (Å²) in [6.07, 6.45) is 3.57. The molecule has 1 fully saturated rings. The lowest BCUT2D eigenvalue weighted by atomic mass is 10.0. The number of benzene rings is 1. The summed E-state index contributed by atoms with van der Waals surface area (Å²) in [4.78, 5) is 11.6. The lowest BCUT2D eigenvalue weighted by molar-refractivity contribution is -0.118. The zero-order chi connectivity index (χ0) is 13.2. The number of fused-ring (bicyclic) bond motifs is 1. The van der Waals surface area contributed by atoms with Crippen LogP contribution in [0.4, 0.5) is 5.69 Å². The Hall–Kier alpha value is -1.07. The Labute approximate surface area is 120 Å². The number of amides is 1. The van der Waals surface area contributed by atoms with Crippen LogP contribution < -0.4 is 10.1 Å². The third-order valence-electron chi connectivity index (χ3n) is 3.49. The standard InChI is InChI=1S/C14H16BrNO3/c15-11(7-10-2-1-5-18-10)9-3-4-13-12(6-9)16-14(17)8-19-13/h3-4,6,10-11H,1-2,5,7-8H2,(H,16,17). The maximum absolute atomic E-state index is 11.3. The summed E-state index contributed by atoms with van der Waals surface area (Å²) in [5.74, 6) is 0.634. The number of anilines is 1. The number of ether oxygens (including phenoxy) is 2. The van der Waals surface area contributed by atoms with E-state index in [-0.39, 0.29) is 17.3 Å². The van der Waals surface area contributed by atoms with Gasteiger partial charge in [-0.15, -0.1) is 0 Å². The molecule has 1 aromatic carbocycles. The lowest BCUT2D eigenvalue weighted by Crippen LogP contribution is -2.25. The van der Waals surface area contributed by atoms with Gasteiger partial charge in [-0.1, -0.05) is 22.0 Å². The molecule has 102 valence electrons. The fourth-order valence-electron chi connectivity index (χ4n) is 2.49. The van der Waals surface area contributed by atoms with E-state index in [4.69, 9.17) is 9.47 Å². The van der Waals surface area contributed by atoms with Crippen LogP contribution >= 0.6 is 15.9 Å². The van der Waals surface area contributed by atoms with Crippen LogP contribution in [0.2, 0.25) is 0 Å². The molecule has 0 aromatic heterocycles. The molecular formula is C14H16BrNO3. The summed E-state index contributed by atoms with van der Waals surface area (Å²) in [5.41, 5.74) is 1.89. The molecule has 0 saturated carbocycles.